The Labute approximate surface area is 127 Å². The first-order valence-corrected chi connectivity index (χ1v) is 7.92. The molecule has 2 N–H and O–H groups in total. The normalized spacial score (nSPS) is 19.1. The van der Waals surface area contributed by atoms with Crippen molar-refractivity contribution in [2.45, 2.75) is 38.3 Å². The first-order valence-electron chi connectivity index (χ1n) is 7.54. The molecular weight excluding hydrogens is 272 g/mol. The number of hydrogen-bond acceptors (Lipinski definition) is 3. The molecule has 1 aromatic carbocycles. The van der Waals surface area contributed by atoms with E-state index in [0.717, 1.165) is 56.1 Å². The van der Waals surface area contributed by atoms with Gasteiger partial charge in [0, 0.05) is 30.8 Å². The Morgan fingerprint density at radius 3 is 2.70 bits per heavy atom. The van der Waals surface area contributed by atoms with Gasteiger partial charge >= 0.3 is 0 Å². The SMILES string of the molecule is CCOC1CCN(CCC(N)c2ccccc2Cl)CC1. The molecule has 0 radical (unpaired) electrons. The van der Waals surface area contributed by atoms with Gasteiger partial charge in [-0.2, -0.15) is 0 Å². The summed E-state index contributed by atoms with van der Waals surface area (Å²) >= 11 is 6.18. The van der Waals surface area contributed by atoms with Gasteiger partial charge in [0.1, 0.15) is 0 Å². The number of rotatable bonds is 6. The van der Waals surface area contributed by atoms with Gasteiger partial charge in [-0.1, -0.05) is 29.8 Å². The molecule has 1 aliphatic heterocycles. The van der Waals surface area contributed by atoms with Gasteiger partial charge < -0.3 is 15.4 Å². The Kier molecular flexibility index (Phi) is 6.30. The molecule has 20 heavy (non-hydrogen) atoms. The van der Waals surface area contributed by atoms with Crippen LogP contribution in [0.5, 0.6) is 0 Å². The summed E-state index contributed by atoms with van der Waals surface area (Å²) in [7, 11) is 0. The second-order valence-electron chi connectivity index (χ2n) is 5.41. The van der Waals surface area contributed by atoms with Crippen LogP contribution < -0.4 is 5.73 Å². The summed E-state index contributed by atoms with van der Waals surface area (Å²) in [5, 5.41) is 0.773. The molecule has 2 rings (SSSR count). The fraction of sp³-hybridized carbons (Fsp3) is 0.625. The van der Waals surface area contributed by atoms with Crippen LogP contribution in [-0.4, -0.2) is 37.2 Å². The van der Waals surface area contributed by atoms with E-state index < -0.39 is 0 Å². The summed E-state index contributed by atoms with van der Waals surface area (Å²) in [5.74, 6) is 0. The van der Waals surface area contributed by atoms with Gasteiger partial charge in [-0.3, -0.25) is 0 Å². The van der Waals surface area contributed by atoms with Crippen LogP contribution in [0.1, 0.15) is 37.8 Å². The molecule has 1 fully saturated rings. The van der Waals surface area contributed by atoms with E-state index >= 15 is 0 Å². The van der Waals surface area contributed by atoms with Crippen LogP contribution in [-0.2, 0) is 4.74 Å². The van der Waals surface area contributed by atoms with Gasteiger partial charge in [0.25, 0.3) is 0 Å². The third-order valence-corrected chi connectivity index (χ3v) is 4.34. The lowest BCUT2D eigenvalue weighted by Crippen LogP contribution is -2.38. The second-order valence-corrected chi connectivity index (χ2v) is 5.82. The Hall–Kier alpha value is -0.610. The summed E-state index contributed by atoms with van der Waals surface area (Å²) < 4.78 is 5.67. The van der Waals surface area contributed by atoms with E-state index in [2.05, 4.69) is 11.8 Å². The topological polar surface area (TPSA) is 38.5 Å². The monoisotopic (exact) mass is 296 g/mol. The van der Waals surface area contributed by atoms with Crippen molar-refractivity contribution in [2.24, 2.45) is 5.73 Å². The van der Waals surface area contributed by atoms with Crippen LogP contribution in [0.2, 0.25) is 5.02 Å². The first kappa shape index (κ1) is 15.8. The quantitative estimate of drug-likeness (QED) is 0.876. The number of nitrogens with zero attached hydrogens (tertiary/aromatic N) is 1. The predicted octanol–water partition coefficient (Wildman–Crippen LogP) is 3.23. The summed E-state index contributed by atoms with van der Waals surface area (Å²) in [6.07, 6.45) is 3.67. The molecule has 1 atom stereocenters. The Morgan fingerprint density at radius 2 is 2.05 bits per heavy atom. The molecule has 0 aromatic heterocycles. The fourth-order valence-corrected chi connectivity index (χ4v) is 3.06. The van der Waals surface area contributed by atoms with Crippen molar-refractivity contribution >= 4 is 11.6 Å². The molecule has 1 aliphatic rings. The average Bonchev–Trinajstić information content (AvgIpc) is 2.47. The minimum Gasteiger partial charge on any atom is -0.378 e. The second kappa shape index (κ2) is 7.99. The highest BCUT2D eigenvalue weighted by Gasteiger charge is 2.20. The van der Waals surface area contributed by atoms with Crippen molar-refractivity contribution in [3.05, 3.63) is 34.9 Å². The number of piperidine rings is 1. The minimum absolute atomic E-state index is 0.0216. The van der Waals surface area contributed by atoms with Gasteiger partial charge in [0.2, 0.25) is 0 Å². The van der Waals surface area contributed by atoms with Gasteiger partial charge in [-0.25, -0.2) is 0 Å². The summed E-state index contributed by atoms with van der Waals surface area (Å²) in [4.78, 5) is 2.48. The molecule has 1 unspecified atom stereocenters. The highest BCUT2D eigenvalue weighted by Crippen LogP contribution is 2.24. The van der Waals surface area contributed by atoms with Crippen molar-refractivity contribution in [3.63, 3.8) is 0 Å². The van der Waals surface area contributed by atoms with Gasteiger partial charge in [0.15, 0.2) is 0 Å². The van der Waals surface area contributed by atoms with E-state index in [4.69, 9.17) is 22.1 Å². The third kappa shape index (κ3) is 4.45. The van der Waals surface area contributed by atoms with Crippen LogP contribution >= 0.6 is 11.6 Å². The van der Waals surface area contributed by atoms with Crippen LogP contribution in [0, 0.1) is 0 Å². The fourth-order valence-electron chi connectivity index (χ4n) is 2.79. The number of nitrogens with two attached hydrogens (primary N) is 1. The molecule has 1 saturated heterocycles. The molecule has 1 heterocycles. The zero-order chi connectivity index (χ0) is 14.4. The number of ether oxygens (including phenoxy) is 1. The van der Waals surface area contributed by atoms with E-state index in [1.54, 1.807) is 0 Å². The maximum absolute atomic E-state index is 6.25. The number of hydrogen-bond donors (Lipinski definition) is 1. The number of benzene rings is 1. The first-order chi connectivity index (χ1) is 9.70. The standard InChI is InChI=1S/C16H25ClN2O/c1-2-20-13-7-10-19(11-8-13)12-9-16(18)14-5-3-4-6-15(14)17/h3-6,13,16H,2,7-12,18H2,1H3. The molecule has 0 aliphatic carbocycles. The molecule has 4 heteroatoms. The molecule has 0 bridgehead atoms. The predicted molar refractivity (Wildman–Crippen MR) is 84.1 cm³/mol. The zero-order valence-corrected chi connectivity index (χ0v) is 13.0. The highest BCUT2D eigenvalue weighted by atomic mass is 35.5. The minimum atomic E-state index is 0.0216. The molecular formula is C16H25ClN2O. The van der Waals surface area contributed by atoms with Crippen LogP contribution in [0.4, 0.5) is 0 Å². The molecule has 112 valence electrons. The van der Waals surface area contributed by atoms with Gasteiger partial charge in [0.05, 0.1) is 6.10 Å². The van der Waals surface area contributed by atoms with Crippen molar-refractivity contribution in [2.75, 3.05) is 26.2 Å². The smallest absolute Gasteiger partial charge is 0.0599 e. The lowest BCUT2D eigenvalue weighted by molar-refractivity contribution is 0.0138. The highest BCUT2D eigenvalue weighted by molar-refractivity contribution is 6.31. The van der Waals surface area contributed by atoms with Gasteiger partial charge in [-0.05, 0) is 44.4 Å². The van der Waals surface area contributed by atoms with Crippen molar-refractivity contribution in [3.8, 4) is 0 Å². The van der Waals surface area contributed by atoms with Crippen LogP contribution in [0.15, 0.2) is 24.3 Å². The molecule has 0 amide bonds. The van der Waals surface area contributed by atoms with Crippen molar-refractivity contribution in [1.82, 2.24) is 4.90 Å². The van der Waals surface area contributed by atoms with Crippen LogP contribution in [0.3, 0.4) is 0 Å². The van der Waals surface area contributed by atoms with Crippen LogP contribution in [0.25, 0.3) is 0 Å². The maximum Gasteiger partial charge on any atom is 0.0599 e. The summed E-state index contributed by atoms with van der Waals surface area (Å²) in [6.45, 7) is 6.14. The van der Waals surface area contributed by atoms with Crippen molar-refractivity contribution < 1.29 is 4.74 Å². The molecule has 0 saturated carbocycles. The van der Waals surface area contributed by atoms with E-state index in [0.29, 0.717) is 6.10 Å². The van der Waals surface area contributed by atoms with Gasteiger partial charge in [-0.15, -0.1) is 0 Å². The lowest BCUT2D eigenvalue weighted by Gasteiger charge is -2.32. The number of likely N-dealkylation sites (tertiary alicyclic amines) is 1. The maximum atomic E-state index is 6.25. The average molecular weight is 297 g/mol. The summed E-state index contributed by atoms with van der Waals surface area (Å²) in [6, 6.07) is 7.89. The Bertz CT molecular complexity index is 405. The Morgan fingerprint density at radius 1 is 1.35 bits per heavy atom. The summed E-state index contributed by atoms with van der Waals surface area (Å²) in [5.41, 5.74) is 7.31. The zero-order valence-electron chi connectivity index (χ0n) is 12.2. The lowest BCUT2D eigenvalue weighted by atomic mass is 10.0. The molecule has 3 nitrogen and oxygen atoms in total. The van der Waals surface area contributed by atoms with E-state index in [1.165, 1.54) is 0 Å². The number of halogens is 1. The van der Waals surface area contributed by atoms with E-state index in [9.17, 15) is 0 Å². The Balaban J connectivity index is 1.75. The van der Waals surface area contributed by atoms with E-state index in [1.807, 2.05) is 24.3 Å². The molecule has 0 spiro atoms. The largest absolute Gasteiger partial charge is 0.378 e. The molecule has 1 aromatic rings. The van der Waals surface area contributed by atoms with E-state index in [-0.39, 0.29) is 6.04 Å². The van der Waals surface area contributed by atoms with Crippen molar-refractivity contribution in [1.29, 1.82) is 0 Å². The third-order valence-electron chi connectivity index (χ3n) is 4.00.